The van der Waals surface area contributed by atoms with E-state index >= 15 is 0 Å². The number of halogens is 1. The summed E-state index contributed by atoms with van der Waals surface area (Å²) in [4.78, 5) is 2.36. The van der Waals surface area contributed by atoms with E-state index in [9.17, 15) is 0 Å². The molecular formula is C14H19BrN2. The van der Waals surface area contributed by atoms with Gasteiger partial charge in [-0.15, -0.1) is 0 Å². The predicted octanol–water partition coefficient (Wildman–Crippen LogP) is 4.19. The zero-order valence-corrected chi connectivity index (χ0v) is 12.5. The number of nitriles is 1. The Morgan fingerprint density at radius 1 is 1.29 bits per heavy atom. The highest BCUT2D eigenvalue weighted by atomic mass is 79.9. The van der Waals surface area contributed by atoms with Crippen LogP contribution >= 0.6 is 15.9 Å². The van der Waals surface area contributed by atoms with Crippen molar-refractivity contribution >= 4 is 21.6 Å². The standard InChI is InChI=1S/C14H19BrN2/c1-10(2)9-17(11(3)4)13-6-5-12(8-16)14(15)7-13/h5-7,10-11H,9H2,1-4H3. The van der Waals surface area contributed by atoms with Crippen LogP contribution in [0.2, 0.25) is 0 Å². The van der Waals surface area contributed by atoms with Crippen molar-refractivity contribution in [3.8, 4) is 6.07 Å². The summed E-state index contributed by atoms with van der Waals surface area (Å²) >= 11 is 3.44. The molecule has 3 heteroatoms. The third-order valence-electron chi connectivity index (χ3n) is 2.59. The summed E-state index contributed by atoms with van der Waals surface area (Å²) in [5, 5.41) is 8.91. The molecule has 0 amide bonds. The van der Waals surface area contributed by atoms with Crippen LogP contribution in [0.1, 0.15) is 33.3 Å². The van der Waals surface area contributed by atoms with Crippen molar-refractivity contribution in [3.05, 3.63) is 28.2 Å². The summed E-state index contributed by atoms with van der Waals surface area (Å²) in [5.74, 6) is 0.617. The first kappa shape index (κ1) is 14.1. The van der Waals surface area contributed by atoms with Crippen molar-refractivity contribution in [2.45, 2.75) is 33.7 Å². The SMILES string of the molecule is CC(C)CN(c1ccc(C#N)c(Br)c1)C(C)C. The Kier molecular flexibility index (Phi) is 5.02. The van der Waals surface area contributed by atoms with Gasteiger partial charge in [0.15, 0.2) is 0 Å². The van der Waals surface area contributed by atoms with Crippen LogP contribution in [0.5, 0.6) is 0 Å². The Morgan fingerprint density at radius 2 is 1.94 bits per heavy atom. The second-order valence-corrected chi connectivity index (χ2v) is 5.77. The molecule has 1 aromatic carbocycles. The normalized spacial score (nSPS) is 10.7. The van der Waals surface area contributed by atoms with Gasteiger partial charge in [-0.3, -0.25) is 0 Å². The van der Waals surface area contributed by atoms with Crippen LogP contribution in [0.15, 0.2) is 22.7 Å². The van der Waals surface area contributed by atoms with Crippen LogP contribution in [0.4, 0.5) is 5.69 Å². The van der Waals surface area contributed by atoms with E-state index in [1.165, 1.54) is 5.69 Å². The van der Waals surface area contributed by atoms with Crippen LogP contribution in [-0.2, 0) is 0 Å². The zero-order valence-electron chi connectivity index (χ0n) is 10.9. The van der Waals surface area contributed by atoms with Gasteiger partial charge in [0.1, 0.15) is 6.07 Å². The minimum atomic E-state index is 0.456. The number of hydrogen-bond acceptors (Lipinski definition) is 2. The van der Waals surface area contributed by atoms with Gasteiger partial charge < -0.3 is 4.90 Å². The van der Waals surface area contributed by atoms with E-state index in [2.05, 4.69) is 54.6 Å². The Bertz CT molecular complexity index is 419. The van der Waals surface area contributed by atoms with E-state index in [0.717, 1.165) is 11.0 Å². The molecule has 92 valence electrons. The quantitative estimate of drug-likeness (QED) is 0.832. The Morgan fingerprint density at radius 3 is 2.35 bits per heavy atom. The molecule has 0 fully saturated rings. The van der Waals surface area contributed by atoms with Crippen molar-refractivity contribution in [2.24, 2.45) is 5.92 Å². The van der Waals surface area contributed by atoms with Gasteiger partial charge in [-0.25, -0.2) is 0 Å². The number of anilines is 1. The number of rotatable bonds is 4. The summed E-state index contributed by atoms with van der Waals surface area (Å²) in [7, 11) is 0. The highest BCUT2D eigenvalue weighted by molar-refractivity contribution is 9.10. The molecule has 0 spiro atoms. The monoisotopic (exact) mass is 294 g/mol. The number of hydrogen-bond donors (Lipinski definition) is 0. The predicted molar refractivity (Wildman–Crippen MR) is 76.2 cm³/mol. The zero-order chi connectivity index (χ0) is 13.0. The van der Waals surface area contributed by atoms with E-state index < -0.39 is 0 Å². The molecule has 0 unspecified atom stereocenters. The first-order chi connectivity index (χ1) is 7.95. The molecule has 0 N–H and O–H groups in total. The molecule has 0 aliphatic rings. The maximum Gasteiger partial charge on any atom is 0.100 e. The van der Waals surface area contributed by atoms with Gasteiger partial charge >= 0.3 is 0 Å². The Labute approximate surface area is 112 Å². The van der Waals surface area contributed by atoms with Crippen molar-refractivity contribution in [2.75, 3.05) is 11.4 Å². The lowest BCUT2D eigenvalue weighted by atomic mass is 10.1. The largest absolute Gasteiger partial charge is 0.369 e. The second kappa shape index (κ2) is 6.07. The molecule has 2 nitrogen and oxygen atoms in total. The minimum Gasteiger partial charge on any atom is -0.369 e. The lowest BCUT2D eigenvalue weighted by Gasteiger charge is -2.31. The third-order valence-corrected chi connectivity index (χ3v) is 3.25. The average molecular weight is 295 g/mol. The Balaban J connectivity index is 3.03. The average Bonchev–Trinajstić information content (AvgIpc) is 2.25. The van der Waals surface area contributed by atoms with E-state index in [0.29, 0.717) is 17.5 Å². The van der Waals surface area contributed by atoms with Gasteiger partial charge in [0.25, 0.3) is 0 Å². The molecule has 17 heavy (non-hydrogen) atoms. The van der Waals surface area contributed by atoms with Crippen molar-refractivity contribution < 1.29 is 0 Å². The van der Waals surface area contributed by atoms with Crippen LogP contribution in [0.25, 0.3) is 0 Å². The van der Waals surface area contributed by atoms with Gasteiger partial charge in [-0.2, -0.15) is 5.26 Å². The summed E-state index contributed by atoms with van der Waals surface area (Å²) < 4.78 is 0.868. The molecule has 0 saturated carbocycles. The molecule has 0 bridgehead atoms. The number of benzene rings is 1. The van der Waals surface area contributed by atoms with Crippen LogP contribution in [0, 0.1) is 17.2 Å². The fourth-order valence-corrected chi connectivity index (χ4v) is 2.24. The van der Waals surface area contributed by atoms with Crippen LogP contribution in [0.3, 0.4) is 0 Å². The maximum atomic E-state index is 8.91. The van der Waals surface area contributed by atoms with Crippen LogP contribution in [-0.4, -0.2) is 12.6 Å². The third kappa shape index (κ3) is 3.74. The molecule has 0 aliphatic carbocycles. The van der Waals surface area contributed by atoms with Crippen molar-refractivity contribution in [1.29, 1.82) is 5.26 Å². The summed E-state index contributed by atoms with van der Waals surface area (Å²) in [5.41, 5.74) is 1.85. The van der Waals surface area contributed by atoms with Crippen molar-refractivity contribution in [1.82, 2.24) is 0 Å². The number of nitrogens with zero attached hydrogens (tertiary/aromatic N) is 2. The topological polar surface area (TPSA) is 27.0 Å². The van der Waals surface area contributed by atoms with Gasteiger partial charge in [-0.1, -0.05) is 13.8 Å². The van der Waals surface area contributed by atoms with E-state index in [1.807, 2.05) is 18.2 Å². The highest BCUT2D eigenvalue weighted by Crippen LogP contribution is 2.25. The van der Waals surface area contributed by atoms with E-state index in [1.54, 1.807) is 0 Å². The fourth-order valence-electron chi connectivity index (χ4n) is 1.78. The molecule has 0 heterocycles. The molecule has 0 aromatic heterocycles. The van der Waals surface area contributed by atoms with Gasteiger partial charge in [-0.05, 0) is 53.9 Å². The van der Waals surface area contributed by atoms with Gasteiger partial charge in [0.2, 0.25) is 0 Å². The van der Waals surface area contributed by atoms with Crippen molar-refractivity contribution in [3.63, 3.8) is 0 Å². The molecule has 1 rings (SSSR count). The molecule has 0 saturated heterocycles. The van der Waals surface area contributed by atoms with Gasteiger partial charge in [0, 0.05) is 22.7 Å². The summed E-state index contributed by atoms with van der Waals surface area (Å²) in [6, 6.07) is 8.54. The maximum absolute atomic E-state index is 8.91. The summed E-state index contributed by atoms with van der Waals surface area (Å²) in [6.45, 7) is 9.83. The highest BCUT2D eigenvalue weighted by Gasteiger charge is 2.13. The molecule has 0 radical (unpaired) electrons. The first-order valence-corrected chi connectivity index (χ1v) is 6.71. The summed E-state index contributed by atoms with van der Waals surface area (Å²) in [6.07, 6.45) is 0. The van der Waals surface area contributed by atoms with Gasteiger partial charge in [0.05, 0.1) is 5.56 Å². The van der Waals surface area contributed by atoms with E-state index in [4.69, 9.17) is 5.26 Å². The lowest BCUT2D eigenvalue weighted by Crippen LogP contribution is -2.34. The first-order valence-electron chi connectivity index (χ1n) is 5.92. The molecule has 1 aromatic rings. The fraction of sp³-hybridized carbons (Fsp3) is 0.500. The second-order valence-electron chi connectivity index (χ2n) is 4.92. The minimum absolute atomic E-state index is 0.456. The smallest absolute Gasteiger partial charge is 0.100 e. The molecular weight excluding hydrogens is 276 g/mol. The lowest BCUT2D eigenvalue weighted by molar-refractivity contribution is 0.571. The molecule has 0 aliphatic heterocycles. The van der Waals surface area contributed by atoms with E-state index in [-0.39, 0.29) is 0 Å². The molecule has 0 atom stereocenters. The Hall–Kier alpha value is -1.01. The van der Waals surface area contributed by atoms with Crippen LogP contribution < -0.4 is 4.90 Å².